The maximum absolute atomic E-state index is 11.5. The lowest BCUT2D eigenvalue weighted by atomic mass is 9.77. The first-order valence-electron chi connectivity index (χ1n) is 6.90. The van der Waals surface area contributed by atoms with Gasteiger partial charge in [-0.05, 0) is 36.5 Å². The summed E-state index contributed by atoms with van der Waals surface area (Å²) in [6.07, 6.45) is 7.26. The van der Waals surface area contributed by atoms with Gasteiger partial charge in [0.15, 0.2) is 0 Å². The van der Waals surface area contributed by atoms with E-state index in [2.05, 4.69) is 23.5 Å². The van der Waals surface area contributed by atoms with Gasteiger partial charge in [0.05, 0.1) is 0 Å². The number of carbonyl (C=O) groups excluding carboxylic acids is 1. The molecule has 0 saturated heterocycles. The largest absolute Gasteiger partial charge is 0.326 e. The van der Waals surface area contributed by atoms with Crippen LogP contribution in [0, 0.1) is 0 Å². The third-order valence-electron chi connectivity index (χ3n) is 4.33. The van der Waals surface area contributed by atoms with Gasteiger partial charge in [-0.2, -0.15) is 0 Å². The van der Waals surface area contributed by atoms with Crippen molar-refractivity contribution < 1.29 is 4.79 Å². The molecule has 0 spiro atoms. The lowest BCUT2D eigenvalue weighted by molar-refractivity contribution is -0.116. The van der Waals surface area contributed by atoms with Gasteiger partial charge in [-0.25, -0.2) is 0 Å². The fraction of sp³-hybridized carbons (Fsp3) is 0.533. The van der Waals surface area contributed by atoms with Crippen LogP contribution in [0.15, 0.2) is 18.2 Å². The summed E-state index contributed by atoms with van der Waals surface area (Å²) >= 11 is 0. The first-order valence-corrected chi connectivity index (χ1v) is 6.90. The van der Waals surface area contributed by atoms with Crippen molar-refractivity contribution in [2.24, 2.45) is 5.73 Å². The summed E-state index contributed by atoms with van der Waals surface area (Å²) in [6, 6.07) is 6.38. The average molecular weight is 244 g/mol. The molecule has 0 atom stereocenters. The fourth-order valence-corrected chi connectivity index (χ4v) is 3.15. The van der Waals surface area contributed by atoms with E-state index in [9.17, 15) is 4.79 Å². The number of amides is 1. The van der Waals surface area contributed by atoms with Crippen LogP contribution in [0.3, 0.4) is 0 Å². The first-order chi connectivity index (χ1) is 8.67. The van der Waals surface area contributed by atoms with Crippen LogP contribution in [-0.4, -0.2) is 5.91 Å². The second-order valence-corrected chi connectivity index (χ2v) is 5.64. The van der Waals surface area contributed by atoms with E-state index in [1.807, 2.05) is 0 Å². The van der Waals surface area contributed by atoms with E-state index in [1.165, 1.54) is 30.4 Å². The SMILES string of the molecule is NC1(c2ccc3c(c2)NC(=O)CC3)CCCCC1. The Bertz CT molecular complexity index is 475. The minimum absolute atomic E-state index is 0.120. The van der Waals surface area contributed by atoms with Gasteiger partial charge in [0.25, 0.3) is 0 Å². The molecule has 1 amide bonds. The minimum Gasteiger partial charge on any atom is -0.326 e. The zero-order chi connectivity index (χ0) is 12.6. The zero-order valence-corrected chi connectivity index (χ0v) is 10.7. The number of nitrogens with two attached hydrogens (primary N) is 1. The Kier molecular flexibility index (Phi) is 2.86. The molecule has 3 nitrogen and oxygen atoms in total. The van der Waals surface area contributed by atoms with Crippen LogP contribution in [-0.2, 0) is 16.8 Å². The number of rotatable bonds is 1. The highest BCUT2D eigenvalue weighted by molar-refractivity contribution is 5.94. The standard InChI is InChI=1S/C15H20N2O/c16-15(8-2-1-3-9-15)12-6-4-11-5-7-14(18)17-13(11)10-12/h4,6,10H,1-3,5,7-9,16H2,(H,17,18). The Morgan fingerprint density at radius 1 is 1.11 bits per heavy atom. The number of hydrogen-bond donors (Lipinski definition) is 2. The van der Waals surface area contributed by atoms with Crippen molar-refractivity contribution in [3.05, 3.63) is 29.3 Å². The molecule has 3 N–H and O–H groups in total. The van der Waals surface area contributed by atoms with E-state index in [0.29, 0.717) is 6.42 Å². The van der Waals surface area contributed by atoms with Gasteiger partial charge in [-0.1, -0.05) is 31.4 Å². The van der Waals surface area contributed by atoms with E-state index in [-0.39, 0.29) is 11.4 Å². The molecule has 1 aromatic rings. The van der Waals surface area contributed by atoms with Crippen LogP contribution in [0.25, 0.3) is 0 Å². The van der Waals surface area contributed by atoms with Crippen molar-refractivity contribution in [1.29, 1.82) is 0 Å². The molecule has 3 rings (SSSR count). The van der Waals surface area contributed by atoms with Crippen LogP contribution in [0.4, 0.5) is 5.69 Å². The molecule has 1 heterocycles. The number of benzene rings is 1. The quantitative estimate of drug-likeness (QED) is 0.798. The van der Waals surface area contributed by atoms with E-state index in [4.69, 9.17) is 5.73 Å². The number of nitrogens with one attached hydrogen (secondary N) is 1. The normalized spacial score (nSPS) is 22.2. The molecule has 3 heteroatoms. The molecule has 1 aromatic carbocycles. The number of hydrogen-bond acceptors (Lipinski definition) is 2. The molecule has 1 aliphatic carbocycles. The van der Waals surface area contributed by atoms with Gasteiger partial charge < -0.3 is 11.1 Å². The van der Waals surface area contributed by atoms with E-state index < -0.39 is 0 Å². The molecule has 0 aromatic heterocycles. The molecule has 0 radical (unpaired) electrons. The highest BCUT2D eigenvalue weighted by Gasteiger charge is 2.30. The van der Waals surface area contributed by atoms with Crippen molar-refractivity contribution in [3.8, 4) is 0 Å². The zero-order valence-electron chi connectivity index (χ0n) is 10.7. The Labute approximate surface area is 108 Å². The van der Waals surface area contributed by atoms with Crippen molar-refractivity contribution in [3.63, 3.8) is 0 Å². The molecular weight excluding hydrogens is 224 g/mol. The fourth-order valence-electron chi connectivity index (χ4n) is 3.15. The third-order valence-corrected chi connectivity index (χ3v) is 4.33. The summed E-state index contributed by atoms with van der Waals surface area (Å²) in [5.74, 6) is 0.120. The smallest absolute Gasteiger partial charge is 0.224 e. The number of carbonyl (C=O) groups is 1. The van der Waals surface area contributed by atoms with Crippen LogP contribution in [0.2, 0.25) is 0 Å². The molecule has 1 saturated carbocycles. The van der Waals surface area contributed by atoms with Gasteiger partial charge in [0.2, 0.25) is 5.91 Å². The molecule has 1 aliphatic heterocycles. The second-order valence-electron chi connectivity index (χ2n) is 5.64. The lowest BCUT2D eigenvalue weighted by Crippen LogP contribution is -2.38. The van der Waals surface area contributed by atoms with E-state index in [1.54, 1.807) is 0 Å². The topological polar surface area (TPSA) is 55.1 Å². The summed E-state index contributed by atoms with van der Waals surface area (Å²) in [5, 5.41) is 2.96. The Balaban J connectivity index is 1.93. The van der Waals surface area contributed by atoms with E-state index >= 15 is 0 Å². The summed E-state index contributed by atoms with van der Waals surface area (Å²) in [7, 11) is 0. The molecular formula is C15H20N2O. The minimum atomic E-state index is -0.185. The summed E-state index contributed by atoms with van der Waals surface area (Å²) < 4.78 is 0. The lowest BCUT2D eigenvalue weighted by Gasteiger charge is -2.34. The average Bonchev–Trinajstić information content (AvgIpc) is 2.38. The van der Waals surface area contributed by atoms with Gasteiger partial charge in [-0.15, -0.1) is 0 Å². The first kappa shape index (κ1) is 11.7. The predicted octanol–water partition coefficient (Wildman–Crippen LogP) is 2.69. The molecule has 0 bridgehead atoms. The molecule has 1 fully saturated rings. The van der Waals surface area contributed by atoms with Crippen LogP contribution >= 0.6 is 0 Å². The van der Waals surface area contributed by atoms with E-state index in [0.717, 1.165) is 24.9 Å². The second kappa shape index (κ2) is 4.39. The van der Waals surface area contributed by atoms with Gasteiger partial charge in [0, 0.05) is 17.6 Å². The summed E-state index contributed by atoms with van der Waals surface area (Å²) in [5.41, 5.74) is 9.74. The van der Waals surface area contributed by atoms with Crippen molar-refractivity contribution in [2.45, 2.75) is 50.5 Å². The van der Waals surface area contributed by atoms with Gasteiger partial charge in [-0.3, -0.25) is 4.79 Å². The molecule has 96 valence electrons. The Morgan fingerprint density at radius 2 is 1.89 bits per heavy atom. The number of aryl methyl sites for hydroxylation is 1. The summed E-state index contributed by atoms with van der Waals surface area (Å²) in [4.78, 5) is 11.5. The van der Waals surface area contributed by atoms with Crippen LogP contribution in [0.1, 0.15) is 49.7 Å². The van der Waals surface area contributed by atoms with Crippen LogP contribution < -0.4 is 11.1 Å². The maximum Gasteiger partial charge on any atom is 0.224 e. The third kappa shape index (κ3) is 2.03. The Hall–Kier alpha value is -1.35. The van der Waals surface area contributed by atoms with Gasteiger partial charge in [0.1, 0.15) is 0 Å². The monoisotopic (exact) mass is 244 g/mol. The predicted molar refractivity (Wildman–Crippen MR) is 72.3 cm³/mol. The summed E-state index contributed by atoms with van der Waals surface area (Å²) in [6.45, 7) is 0. The molecule has 2 aliphatic rings. The molecule has 18 heavy (non-hydrogen) atoms. The Morgan fingerprint density at radius 3 is 2.67 bits per heavy atom. The van der Waals surface area contributed by atoms with Gasteiger partial charge >= 0.3 is 0 Å². The van der Waals surface area contributed by atoms with Crippen molar-refractivity contribution >= 4 is 11.6 Å². The van der Waals surface area contributed by atoms with Crippen LogP contribution in [0.5, 0.6) is 0 Å². The maximum atomic E-state index is 11.5. The van der Waals surface area contributed by atoms with Crippen molar-refractivity contribution in [2.75, 3.05) is 5.32 Å². The highest BCUT2D eigenvalue weighted by atomic mass is 16.1. The van der Waals surface area contributed by atoms with Crippen molar-refractivity contribution in [1.82, 2.24) is 0 Å². The number of anilines is 1. The number of fused-ring (bicyclic) bond motifs is 1. The highest BCUT2D eigenvalue weighted by Crippen LogP contribution is 2.37. The molecule has 0 unspecified atom stereocenters.